The fourth-order valence-corrected chi connectivity index (χ4v) is 3.74. The Kier molecular flexibility index (Phi) is 4.37. The first-order chi connectivity index (χ1) is 12.7. The summed E-state index contributed by atoms with van der Waals surface area (Å²) in [6.45, 7) is 2.83. The molecule has 1 atom stereocenters. The molecular weight excluding hydrogens is 326 g/mol. The molecule has 1 saturated heterocycles. The van der Waals surface area contributed by atoms with Gasteiger partial charge < -0.3 is 9.64 Å². The van der Waals surface area contributed by atoms with Gasteiger partial charge in [-0.3, -0.25) is 9.20 Å². The molecule has 0 aliphatic carbocycles. The first-order valence-corrected chi connectivity index (χ1v) is 9.03. The Hall–Kier alpha value is -2.82. The number of fused-ring (bicyclic) bond motifs is 1. The number of aryl methyl sites for hydroxylation is 1. The second-order valence-corrected chi connectivity index (χ2v) is 6.92. The number of amides is 1. The molecular formula is C21H23N3O2. The van der Waals surface area contributed by atoms with E-state index in [0.29, 0.717) is 5.69 Å². The zero-order chi connectivity index (χ0) is 18.1. The van der Waals surface area contributed by atoms with Crippen molar-refractivity contribution in [1.29, 1.82) is 0 Å². The number of carbonyl (C=O) groups is 1. The van der Waals surface area contributed by atoms with E-state index in [1.54, 1.807) is 13.3 Å². The molecule has 0 unspecified atom stereocenters. The summed E-state index contributed by atoms with van der Waals surface area (Å²) in [5.74, 6) is 0.923. The molecule has 0 bridgehead atoms. The van der Waals surface area contributed by atoms with E-state index in [2.05, 4.69) is 17.1 Å². The number of nitrogens with zero attached hydrogens (tertiary/aromatic N) is 3. The quantitative estimate of drug-likeness (QED) is 0.724. The van der Waals surface area contributed by atoms with Gasteiger partial charge in [0.15, 0.2) is 0 Å². The molecule has 5 nitrogen and oxygen atoms in total. The Morgan fingerprint density at radius 2 is 2.08 bits per heavy atom. The van der Waals surface area contributed by atoms with Crippen molar-refractivity contribution in [1.82, 2.24) is 14.3 Å². The van der Waals surface area contributed by atoms with Gasteiger partial charge >= 0.3 is 0 Å². The Labute approximate surface area is 153 Å². The van der Waals surface area contributed by atoms with Gasteiger partial charge in [-0.05, 0) is 61.6 Å². The average molecular weight is 349 g/mol. The van der Waals surface area contributed by atoms with Crippen molar-refractivity contribution in [2.45, 2.75) is 32.2 Å². The summed E-state index contributed by atoms with van der Waals surface area (Å²) in [7, 11) is 1.67. The maximum atomic E-state index is 13.2. The van der Waals surface area contributed by atoms with Crippen LogP contribution < -0.4 is 4.74 Å². The molecule has 2 aromatic heterocycles. The third-order valence-corrected chi connectivity index (χ3v) is 5.16. The van der Waals surface area contributed by atoms with Crippen LogP contribution in [0.1, 0.15) is 34.5 Å². The molecule has 1 amide bonds. The number of benzene rings is 1. The van der Waals surface area contributed by atoms with Gasteiger partial charge in [-0.2, -0.15) is 0 Å². The number of aromatic nitrogens is 2. The van der Waals surface area contributed by atoms with Gasteiger partial charge in [-0.25, -0.2) is 4.98 Å². The van der Waals surface area contributed by atoms with Gasteiger partial charge in [0.1, 0.15) is 17.1 Å². The average Bonchev–Trinajstić information content (AvgIpc) is 3.28. The minimum absolute atomic E-state index is 0.0670. The Bertz CT molecular complexity index is 930. The lowest BCUT2D eigenvalue weighted by atomic mass is 10.0. The van der Waals surface area contributed by atoms with Gasteiger partial charge in [0.25, 0.3) is 5.91 Å². The van der Waals surface area contributed by atoms with E-state index in [9.17, 15) is 4.79 Å². The maximum absolute atomic E-state index is 13.2. The number of hydrogen-bond acceptors (Lipinski definition) is 3. The van der Waals surface area contributed by atoms with Crippen molar-refractivity contribution >= 4 is 11.6 Å². The van der Waals surface area contributed by atoms with E-state index in [1.165, 1.54) is 5.56 Å². The van der Waals surface area contributed by atoms with Crippen LogP contribution in [0, 0.1) is 6.92 Å². The van der Waals surface area contributed by atoms with E-state index < -0.39 is 0 Å². The predicted octanol–water partition coefficient (Wildman–Crippen LogP) is 3.50. The van der Waals surface area contributed by atoms with Gasteiger partial charge in [-0.15, -0.1) is 0 Å². The molecule has 0 saturated carbocycles. The van der Waals surface area contributed by atoms with Crippen LogP contribution in [0.25, 0.3) is 5.65 Å². The van der Waals surface area contributed by atoms with Crippen molar-refractivity contribution in [2.75, 3.05) is 13.7 Å². The van der Waals surface area contributed by atoms with Crippen LogP contribution in [0.3, 0.4) is 0 Å². The molecule has 3 heterocycles. The molecule has 1 aromatic carbocycles. The summed E-state index contributed by atoms with van der Waals surface area (Å²) in [6, 6.07) is 12.3. The highest BCUT2D eigenvalue weighted by Crippen LogP contribution is 2.24. The van der Waals surface area contributed by atoms with Gasteiger partial charge in [0.2, 0.25) is 0 Å². The summed E-state index contributed by atoms with van der Waals surface area (Å²) in [4.78, 5) is 19.6. The Balaban J connectivity index is 1.55. The van der Waals surface area contributed by atoms with Crippen molar-refractivity contribution in [3.63, 3.8) is 0 Å². The normalized spacial score (nSPS) is 17.0. The van der Waals surface area contributed by atoms with Crippen LogP contribution >= 0.6 is 0 Å². The first kappa shape index (κ1) is 16.6. The molecule has 4 rings (SSSR count). The Morgan fingerprint density at radius 3 is 2.85 bits per heavy atom. The number of methoxy groups -OCH3 is 1. The number of hydrogen-bond donors (Lipinski definition) is 0. The SMILES string of the molecule is COc1ccc(C[C@H]2CCCN2C(=O)c2cnc3cc(C)ccn23)cc1. The summed E-state index contributed by atoms with van der Waals surface area (Å²) < 4.78 is 7.11. The summed E-state index contributed by atoms with van der Waals surface area (Å²) in [5, 5.41) is 0. The van der Waals surface area contributed by atoms with E-state index in [4.69, 9.17) is 4.74 Å². The highest BCUT2D eigenvalue weighted by molar-refractivity contribution is 5.93. The smallest absolute Gasteiger partial charge is 0.272 e. The lowest BCUT2D eigenvalue weighted by Crippen LogP contribution is -2.37. The van der Waals surface area contributed by atoms with Gasteiger partial charge in [-0.1, -0.05) is 12.1 Å². The van der Waals surface area contributed by atoms with Crippen LogP contribution in [0.15, 0.2) is 48.8 Å². The van der Waals surface area contributed by atoms with Crippen molar-refractivity contribution in [3.8, 4) is 5.75 Å². The standard InChI is InChI=1S/C21H23N3O2/c1-15-9-11-24-19(14-22-20(24)12-15)21(25)23-10-3-4-17(23)13-16-5-7-18(26-2)8-6-16/h5-9,11-12,14,17H,3-4,10,13H2,1-2H3/t17-/m1/s1. The number of ether oxygens (including phenoxy) is 1. The molecule has 3 aromatic rings. The molecule has 26 heavy (non-hydrogen) atoms. The minimum atomic E-state index is 0.0670. The first-order valence-electron chi connectivity index (χ1n) is 9.03. The molecule has 1 fully saturated rings. The molecule has 5 heteroatoms. The van der Waals surface area contributed by atoms with Crippen LogP contribution in [0.5, 0.6) is 5.75 Å². The largest absolute Gasteiger partial charge is 0.497 e. The third-order valence-electron chi connectivity index (χ3n) is 5.16. The maximum Gasteiger partial charge on any atom is 0.272 e. The monoisotopic (exact) mass is 349 g/mol. The van der Waals surface area contributed by atoms with Crippen LogP contribution in [0.4, 0.5) is 0 Å². The number of imidazole rings is 1. The molecule has 0 N–H and O–H groups in total. The number of carbonyl (C=O) groups excluding carboxylic acids is 1. The fraction of sp³-hybridized carbons (Fsp3) is 0.333. The van der Waals surface area contributed by atoms with Gasteiger partial charge in [0, 0.05) is 18.8 Å². The van der Waals surface area contributed by atoms with E-state index in [-0.39, 0.29) is 11.9 Å². The van der Waals surface area contributed by atoms with E-state index >= 15 is 0 Å². The molecule has 0 radical (unpaired) electrons. The molecule has 134 valence electrons. The molecule has 1 aliphatic heterocycles. The van der Waals surface area contributed by atoms with Crippen LogP contribution in [-0.2, 0) is 6.42 Å². The number of pyridine rings is 1. The number of likely N-dealkylation sites (tertiary alicyclic amines) is 1. The second kappa shape index (κ2) is 6.83. The predicted molar refractivity (Wildman–Crippen MR) is 101 cm³/mol. The topological polar surface area (TPSA) is 46.8 Å². The van der Waals surface area contributed by atoms with Crippen molar-refractivity contribution in [3.05, 3.63) is 65.6 Å². The highest BCUT2D eigenvalue weighted by Gasteiger charge is 2.31. The Morgan fingerprint density at radius 1 is 1.27 bits per heavy atom. The summed E-state index contributed by atoms with van der Waals surface area (Å²) in [6.07, 6.45) is 6.57. The fourth-order valence-electron chi connectivity index (χ4n) is 3.74. The zero-order valence-corrected chi connectivity index (χ0v) is 15.2. The van der Waals surface area contributed by atoms with E-state index in [1.807, 2.05) is 46.7 Å². The minimum Gasteiger partial charge on any atom is -0.497 e. The lowest BCUT2D eigenvalue weighted by molar-refractivity contribution is 0.0729. The lowest BCUT2D eigenvalue weighted by Gasteiger charge is -2.24. The summed E-state index contributed by atoms with van der Waals surface area (Å²) >= 11 is 0. The van der Waals surface area contributed by atoms with Crippen molar-refractivity contribution in [2.24, 2.45) is 0 Å². The van der Waals surface area contributed by atoms with Crippen LogP contribution in [0.2, 0.25) is 0 Å². The van der Waals surface area contributed by atoms with Crippen molar-refractivity contribution < 1.29 is 9.53 Å². The van der Waals surface area contributed by atoms with Gasteiger partial charge in [0.05, 0.1) is 13.3 Å². The third kappa shape index (κ3) is 3.05. The summed E-state index contributed by atoms with van der Waals surface area (Å²) in [5.41, 5.74) is 3.82. The second-order valence-electron chi connectivity index (χ2n) is 6.92. The number of rotatable bonds is 4. The highest BCUT2D eigenvalue weighted by atomic mass is 16.5. The molecule has 1 aliphatic rings. The van der Waals surface area contributed by atoms with Crippen LogP contribution in [-0.4, -0.2) is 39.9 Å². The zero-order valence-electron chi connectivity index (χ0n) is 15.2. The molecule has 0 spiro atoms. The van der Waals surface area contributed by atoms with E-state index in [0.717, 1.165) is 42.8 Å².